The molecule has 0 spiro atoms. The number of nitrogens with zero attached hydrogens (tertiary/aromatic N) is 3. The third kappa shape index (κ3) is 29.9. The molecular formula is C50H91N3O10. The summed E-state index contributed by atoms with van der Waals surface area (Å²) in [7, 11) is 0. The van der Waals surface area contributed by atoms with Gasteiger partial charge in [0.15, 0.2) is 0 Å². The zero-order chi connectivity index (χ0) is 47.8. The predicted molar refractivity (Wildman–Crippen MR) is 253 cm³/mol. The number of aliphatic hydroxyl groups is 5. The van der Waals surface area contributed by atoms with Crippen molar-refractivity contribution in [2.75, 3.05) is 39.3 Å². The lowest BCUT2D eigenvalue weighted by Crippen LogP contribution is -2.49. The highest BCUT2D eigenvalue weighted by Crippen LogP contribution is 2.29. The Morgan fingerprint density at radius 3 is 1.40 bits per heavy atom. The summed E-state index contributed by atoms with van der Waals surface area (Å²) in [6.45, 7) is 14.9. The second kappa shape index (κ2) is 35.2. The molecule has 0 fully saturated rings. The quantitative estimate of drug-likeness (QED) is 0.0241. The molecule has 63 heavy (non-hydrogen) atoms. The van der Waals surface area contributed by atoms with Gasteiger partial charge in [0.05, 0.1) is 36.4 Å². The molecule has 0 heterocycles. The van der Waals surface area contributed by atoms with Gasteiger partial charge in [-0.25, -0.2) is 0 Å². The maximum absolute atomic E-state index is 14.2. The molecule has 0 aliphatic rings. The normalized spacial score (nSPS) is 16.3. The molecule has 5 N–H and O–H groups in total. The Morgan fingerprint density at radius 1 is 0.524 bits per heavy atom. The van der Waals surface area contributed by atoms with Crippen LogP contribution in [0.15, 0.2) is 36.5 Å². The SMILES string of the molecule is CCCCC/C=C\CC/C=C\C/C=C\CCCCCCCC(=O)OC(C)(CC)C(C)CN(CC(C)O)C(=O)CC(CC(=O)N(CC(C)O)CC(C)O)C(=O)N(CC(C)O)CC(C)O. The van der Waals surface area contributed by atoms with Crippen LogP contribution in [0.25, 0.3) is 0 Å². The van der Waals surface area contributed by atoms with Crippen molar-refractivity contribution >= 4 is 23.7 Å². The summed E-state index contributed by atoms with van der Waals surface area (Å²) in [5.41, 5.74) is -0.931. The number of hydrogen-bond acceptors (Lipinski definition) is 10. The van der Waals surface area contributed by atoms with Gasteiger partial charge in [-0.15, -0.1) is 0 Å². The van der Waals surface area contributed by atoms with Crippen molar-refractivity contribution in [3.05, 3.63) is 36.5 Å². The molecule has 0 aliphatic heterocycles. The molecule has 0 saturated heterocycles. The van der Waals surface area contributed by atoms with Crippen LogP contribution in [0.4, 0.5) is 0 Å². The van der Waals surface area contributed by atoms with Crippen molar-refractivity contribution < 1.29 is 49.4 Å². The summed E-state index contributed by atoms with van der Waals surface area (Å²) in [4.78, 5) is 58.9. The average molecular weight is 894 g/mol. The summed E-state index contributed by atoms with van der Waals surface area (Å²) < 4.78 is 6.08. The van der Waals surface area contributed by atoms with E-state index in [0.29, 0.717) is 6.42 Å². The van der Waals surface area contributed by atoms with Crippen molar-refractivity contribution in [3.63, 3.8) is 0 Å². The van der Waals surface area contributed by atoms with E-state index in [1.165, 1.54) is 68.1 Å². The van der Waals surface area contributed by atoms with Gasteiger partial charge in [-0.1, -0.05) is 89.3 Å². The molecule has 0 aliphatic carbocycles. The number of unbranched alkanes of at least 4 members (excludes halogenated alkanes) is 9. The number of hydrogen-bond donors (Lipinski definition) is 5. The fourth-order valence-corrected chi connectivity index (χ4v) is 7.46. The Labute approximate surface area is 382 Å². The maximum atomic E-state index is 14.2. The molecule has 0 aromatic heterocycles. The first-order valence-electron chi connectivity index (χ1n) is 24.2. The lowest BCUT2D eigenvalue weighted by atomic mass is 9.87. The molecule has 13 heteroatoms. The van der Waals surface area contributed by atoms with Crippen molar-refractivity contribution in [2.45, 2.75) is 208 Å². The molecular weight excluding hydrogens is 803 g/mol. The summed E-state index contributed by atoms with van der Waals surface area (Å²) in [6, 6.07) is 0. The van der Waals surface area contributed by atoms with Crippen LogP contribution in [0.5, 0.6) is 0 Å². The van der Waals surface area contributed by atoms with Crippen LogP contribution in [0, 0.1) is 11.8 Å². The van der Waals surface area contributed by atoms with E-state index in [4.69, 9.17) is 4.74 Å². The Bertz CT molecular complexity index is 1310. The van der Waals surface area contributed by atoms with E-state index >= 15 is 0 Å². The molecule has 0 bridgehead atoms. The molecule has 0 aromatic rings. The van der Waals surface area contributed by atoms with Crippen LogP contribution in [0.2, 0.25) is 0 Å². The van der Waals surface area contributed by atoms with Gasteiger partial charge in [-0.3, -0.25) is 19.2 Å². The predicted octanol–water partition coefficient (Wildman–Crippen LogP) is 7.27. The topological polar surface area (TPSA) is 188 Å². The van der Waals surface area contributed by atoms with E-state index in [-0.39, 0.29) is 57.6 Å². The van der Waals surface area contributed by atoms with E-state index in [1.54, 1.807) is 6.92 Å². The first-order chi connectivity index (χ1) is 29.8. The number of ether oxygens (including phenoxy) is 1. The van der Waals surface area contributed by atoms with E-state index in [1.807, 2.05) is 20.8 Å². The van der Waals surface area contributed by atoms with E-state index in [0.717, 1.165) is 57.8 Å². The average Bonchev–Trinajstić information content (AvgIpc) is 3.19. The number of aliphatic hydroxyl groups excluding tert-OH is 5. The van der Waals surface area contributed by atoms with Gasteiger partial charge < -0.3 is 45.0 Å². The second-order valence-corrected chi connectivity index (χ2v) is 18.3. The van der Waals surface area contributed by atoms with Gasteiger partial charge in [-0.2, -0.15) is 0 Å². The summed E-state index contributed by atoms with van der Waals surface area (Å²) in [5.74, 6) is -3.58. The summed E-state index contributed by atoms with van der Waals surface area (Å²) in [6.07, 6.45) is 22.9. The van der Waals surface area contributed by atoms with Gasteiger partial charge in [0.1, 0.15) is 5.60 Å². The van der Waals surface area contributed by atoms with Crippen LogP contribution in [-0.4, -0.2) is 139 Å². The highest BCUT2D eigenvalue weighted by atomic mass is 16.6. The molecule has 0 saturated carbocycles. The van der Waals surface area contributed by atoms with Crippen molar-refractivity contribution in [1.29, 1.82) is 0 Å². The van der Waals surface area contributed by atoms with Gasteiger partial charge in [0, 0.05) is 64.4 Å². The van der Waals surface area contributed by atoms with Gasteiger partial charge in [-0.05, 0) is 99.3 Å². The molecule has 8 atom stereocenters. The van der Waals surface area contributed by atoms with Crippen LogP contribution in [-0.2, 0) is 23.9 Å². The van der Waals surface area contributed by atoms with Crippen LogP contribution in [0.1, 0.15) is 171 Å². The molecule has 0 rings (SSSR count). The number of carbonyl (C=O) groups excluding carboxylic acids is 4. The van der Waals surface area contributed by atoms with Crippen molar-refractivity contribution in [1.82, 2.24) is 14.7 Å². The standard InChI is InChI=1S/C50H91N3O10/c1-10-12-13-14-15-16-17-18-19-20-21-22-23-24-25-26-27-28-29-30-48(61)63-50(9,11-2)39(3)33-51(34-40(4)54)46(59)31-45(49(62)53(37-43(7)57)38-44(8)58)32-47(60)52(35-41(5)55)36-42(6)56/h15-16,19-20,22-23,39-45,54-58H,10-14,17-18,21,24-38H2,1-9H3/b16-15-,20-19-,23-22-. The van der Waals surface area contributed by atoms with Crippen LogP contribution >= 0.6 is 0 Å². The summed E-state index contributed by atoms with van der Waals surface area (Å²) in [5, 5.41) is 51.0. The zero-order valence-corrected chi connectivity index (χ0v) is 40.9. The maximum Gasteiger partial charge on any atom is 0.306 e. The van der Waals surface area contributed by atoms with E-state index in [9.17, 15) is 44.7 Å². The fraction of sp³-hybridized carbons (Fsp3) is 0.800. The van der Waals surface area contributed by atoms with Gasteiger partial charge >= 0.3 is 5.97 Å². The number of rotatable bonds is 37. The molecule has 0 aromatic carbocycles. The third-order valence-corrected chi connectivity index (χ3v) is 11.2. The highest BCUT2D eigenvalue weighted by Gasteiger charge is 2.38. The van der Waals surface area contributed by atoms with Gasteiger partial charge in [0.2, 0.25) is 17.7 Å². The molecule has 3 amide bonds. The Balaban J connectivity index is 5.45. The van der Waals surface area contributed by atoms with Crippen LogP contribution < -0.4 is 0 Å². The minimum atomic E-state index is -1.22. The number of carbonyl (C=O) groups is 4. The number of esters is 1. The Hall–Kier alpha value is -3.10. The number of amides is 3. The van der Waals surface area contributed by atoms with Crippen LogP contribution in [0.3, 0.4) is 0 Å². The van der Waals surface area contributed by atoms with E-state index < -0.39 is 72.6 Å². The molecule has 8 unspecified atom stereocenters. The fourth-order valence-electron chi connectivity index (χ4n) is 7.46. The first-order valence-corrected chi connectivity index (χ1v) is 24.2. The van der Waals surface area contributed by atoms with E-state index in [2.05, 4.69) is 43.4 Å². The Kier molecular flexibility index (Phi) is 33.5. The second-order valence-electron chi connectivity index (χ2n) is 18.3. The monoisotopic (exact) mass is 894 g/mol. The lowest BCUT2D eigenvalue weighted by Gasteiger charge is -2.38. The largest absolute Gasteiger partial charge is 0.459 e. The third-order valence-electron chi connectivity index (χ3n) is 11.2. The molecule has 366 valence electrons. The van der Waals surface area contributed by atoms with Gasteiger partial charge in [0.25, 0.3) is 0 Å². The van der Waals surface area contributed by atoms with Crippen molar-refractivity contribution in [3.8, 4) is 0 Å². The smallest absolute Gasteiger partial charge is 0.306 e. The molecule has 0 radical (unpaired) electrons. The van der Waals surface area contributed by atoms with Crippen molar-refractivity contribution in [2.24, 2.45) is 11.8 Å². The minimum absolute atomic E-state index is 0.0722. The summed E-state index contributed by atoms with van der Waals surface area (Å²) >= 11 is 0. The number of allylic oxidation sites excluding steroid dienone is 6. The highest BCUT2D eigenvalue weighted by molar-refractivity contribution is 5.90. The first kappa shape index (κ1) is 59.9. The Morgan fingerprint density at radius 2 is 0.921 bits per heavy atom. The zero-order valence-electron chi connectivity index (χ0n) is 40.9. The minimum Gasteiger partial charge on any atom is -0.459 e. The lowest BCUT2D eigenvalue weighted by molar-refractivity contribution is -0.165. The molecule has 13 nitrogen and oxygen atoms in total.